The van der Waals surface area contributed by atoms with Gasteiger partial charge in [-0.3, -0.25) is 14.4 Å². The van der Waals surface area contributed by atoms with Gasteiger partial charge in [-0.25, -0.2) is 27.0 Å². The lowest BCUT2D eigenvalue weighted by Crippen LogP contribution is -2.49. The van der Waals surface area contributed by atoms with Crippen LogP contribution in [0.25, 0.3) is 0 Å². The van der Waals surface area contributed by atoms with Gasteiger partial charge in [-0.1, -0.05) is 25.8 Å². The third-order valence-corrected chi connectivity index (χ3v) is 8.19. The Morgan fingerprint density at radius 2 is 1.78 bits per heavy atom. The first-order valence-electron chi connectivity index (χ1n) is 15.2. The van der Waals surface area contributed by atoms with Crippen LogP contribution in [-0.2, 0) is 27.8 Å². The summed E-state index contributed by atoms with van der Waals surface area (Å²) in [6, 6.07) is 11.5. The van der Waals surface area contributed by atoms with Crippen LogP contribution in [0.15, 0.2) is 54.7 Å². The van der Waals surface area contributed by atoms with E-state index in [0.717, 1.165) is 63.1 Å². The van der Waals surface area contributed by atoms with E-state index in [1.54, 1.807) is 41.4 Å². The number of nitrogens with two attached hydrogens (primary N) is 1. The number of likely N-dealkylation sites (tertiary alicyclic amines) is 1. The number of ether oxygens (including phenoxy) is 1. The predicted octanol–water partition coefficient (Wildman–Crippen LogP) is 5.24. The minimum absolute atomic E-state index is 0.0605. The van der Waals surface area contributed by atoms with Gasteiger partial charge in [0.2, 0.25) is 21.8 Å². The highest BCUT2D eigenvalue weighted by Gasteiger charge is 2.28. The quantitative estimate of drug-likeness (QED) is 0.201. The summed E-state index contributed by atoms with van der Waals surface area (Å²) in [5.41, 5.74) is 6.34. The fourth-order valence-corrected chi connectivity index (χ4v) is 5.88. The van der Waals surface area contributed by atoms with Gasteiger partial charge in [-0.05, 0) is 60.7 Å². The normalized spacial score (nSPS) is 14.1. The van der Waals surface area contributed by atoms with Gasteiger partial charge in [0, 0.05) is 56.2 Å². The molecule has 4 N–H and O–H groups in total. The Hall–Kier alpha value is -4.30. The second kappa shape index (κ2) is 15.8. The molecular weight excluding hydrogens is 618 g/mol. The first kappa shape index (κ1) is 34.6. The van der Waals surface area contributed by atoms with Crippen molar-refractivity contribution >= 4 is 33.3 Å². The van der Waals surface area contributed by atoms with Gasteiger partial charge in [0.05, 0.1) is 18.4 Å². The summed E-state index contributed by atoms with van der Waals surface area (Å²) >= 11 is 0. The molecule has 14 heteroatoms. The van der Waals surface area contributed by atoms with Crippen LogP contribution in [0.3, 0.4) is 0 Å². The van der Waals surface area contributed by atoms with E-state index in [4.69, 9.17) is 10.5 Å². The summed E-state index contributed by atoms with van der Waals surface area (Å²) in [5, 5.41) is 2.59. The van der Waals surface area contributed by atoms with Crippen molar-refractivity contribution in [3.05, 3.63) is 77.5 Å². The van der Waals surface area contributed by atoms with E-state index in [2.05, 4.69) is 26.8 Å². The lowest BCUT2D eigenvalue weighted by atomic mass is 10.0. The molecule has 2 aromatic carbocycles. The number of anilines is 2. The number of aromatic nitrogens is 1. The molecule has 3 aromatic rings. The topological polar surface area (TPSA) is 147 Å². The number of rotatable bonds is 14. The number of pyridine rings is 1. The smallest absolute Gasteiger partial charge is 0.322 e. The van der Waals surface area contributed by atoms with Crippen molar-refractivity contribution in [3.8, 4) is 11.6 Å². The molecule has 0 unspecified atom stereocenters. The molecule has 1 aliphatic heterocycles. The van der Waals surface area contributed by atoms with Crippen LogP contribution in [0, 0.1) is 11.6 Å². The standard InChI is InChI=1S/C32H40F2N6O5S/c1-3-4-5-14-40(32(42)37-29-17-23(18-30(35)41)27(33)19-28(29)34)25-12-15-39(16-13-25)21-22-6-11-31(36-20-22)45-26-9-7-24(8-10-26)38-46(2,43)44/h6-11,17,19-20,25,38H,3-5,12-16,18,21H2,1-2H3,(H2,35,41)(H,37,42). The number of amides is 3. The van der Waals surface area contributed by atoms with Gasteiger partial charge in [0.1, 0.15) is 17.4 Å². The summed E-state index contributed by atoms with van der Waals surface area (Å²) in [6.45, 7) is 4.72. The molecule has 4 rings (SSSR count). The third kappa shape index (κ3) is 10.4. The molecule has 46 heavy (non-hydrogen) atoms. The van der Waals surface area contributed by atoms with Gasteiger partial charge in [0.25, 0.3) is 0 Å². The fourth-order valence-electron chi connectivity index (χ4n) is 5.32. The summed E-state index contributed by atoms with van der Waals surface area (Å²) in [6.07, 6.45) is 6.58. The molecule has 2 heterocycles. The minimum Gasteiger partial charge on any atom is -0.439 e. The number of benzene rings is 2. The van der Waals surface area contributed by atoms with E-state index < -0.39 is 40.0 Å². The third-order valence-electron chi connectivity index (χ3n) is 7.59. The van der Waals surface area contributed by atoms with Crippen LogP contribution in [0.5, 0.6) is 11.6 Å². The highest BCUT2D eigenvalue weighted by molar-refractivity contribution is 7.92. The number of nitrogens with zero attached hydrogens (tertiary/aromatic N) is 3. The molecular formula is C32H40F2N6O5S. The van der Waals surface area contributed by atoms with Gasteiger partial charge in [0.15, 0.2) is 0 Å². The maximum absolute atomic E-state index is 14.6. The Morgan fingerprint density at radius 1 is 1.07 bits per heavy atom. The minimum atomic E-state index is -3.36. The van der Waals surface area contributed by atoms with E-state index in [9.17, 15) is 26.8 Å². The molecule has 1 fully saturated rings. The number of primary amides is 1. The van der Waals surface area contributed by atoms with Crippen LogP contribution in [0.2, 0.25) is 0 Å². The molecule has 3 amide bonds. The van der Waals surface area contributed by atoms with Crippen molar-refractivity contribution < 1.29 is 31.5 Å². The summed E-state index contributed by atoms with van der Waals surface area (Å²) in [7, 11) is -3.36. The number of sulfonamides is 1. The Balaban J connectivity index is 1.32. The molecule has 0 atom stereocenters. The SMILES string of the molecule is CCCCCN(C(=O)Nc1cc(CC(N)=O)c(F)cc1F)C1CCN(Cc2ccc(Oc3ccc(NS(C)(=O)=O)cc3)nc2)CC1. The van der Waals surface area contributed by atoms with Crippen molar-refractivity contribution in [2.75, 3.05) is 35.9 Å². The first-order chi connectivity index (χ1) is 21.9. The zero-order valence-corrected chi connectivity index (χ0v) is 26.8. The zero-order chi connectivity index (χ0) is 33.3. The lowest BCUT2D eigenvalue weighted by Gasteiger charge is -2.38. The maximum atomic E-state index is 14.6. The van der Waals surface area contributed by atoms with Crippen LogP contribution < -0.4 is 20.5 Å². The van der Waals surface area contributed by atoms with Gasteiger partial charge < -0.3 is 20.7 Å². The highest BCUT2D eigenvalue weighted by atomic mass is 32.2. The molecule has 248 valence electrons. The van der Waals surface area contributed by atoms with Crippen molar-refractivity contribution in [1.29, 1.82) is 0 Å². The Bertz CT molecular complexity index is 1600. The van der Waals surface area contributed by atoms with Crippen molar-refractivity contribution in [3.63, 3.8) is 0 Å². The first-order valence-corrected chi connectivity index (χ1v) is 17.1. The molecule has 0 aliphatic carbocycles. The summed E-state index contributed by atoms with van der Waals surface area (Å²) in [5.74, 6) is -1.66. The van der Waals surface area contributed by atoms with Crippen molar-refractivity contribution in [2.24, 2.45) is 5.73 Å². The zero-order valence-electron chi connectivity index (χ0n) is 26.0. The van der Waals surface area contributed by atoms with E-state index in [-0.39, 0.29) is 17.3 Å². The Labute approximate surface area is 268 Å². The number of carbonyl (C=O) groups is 2. The molecule has 11 nitrogen and oxygen atoms in total. The Kier molecular flexibility index (Phi) is 11.9. The van der Waals surface area contributed by atoms with Crippen LogP contribution in [-0.4, -0.2) is 67.1 Å². The molecule has 0 radical (unpaired) electrons. The second-order valence-electron chi connectivity index (χ2n) is 11.4. The van der Waals surface area contributed by atoms with E-state index in [0.29, 0.717) is 36.5 Å². The number of hydrogen-bond acceptors (Lipinski definition) is 7. The number of unbranched alkanes of at least 4 members (excludes halogenated alkanes) is 2. The van der Waals surface area contributed by atoms with Crippen LogP contribution in [0.4, 0.5) is 25.0 Å². The van der Waals surface area contributed by atoms with E-state index in [1.807, 2.05) is 6.07 Å². The average molecular weight is 659 g/mol. The number of piperidine rings is 1. The number of urea groups is 1. The maximum Gasteiger partial charge on any atom is 0.322 e. The number of nitrogens with one attached hydrogen (secondary N) is 2. The van der Waals surface area contributed by atoms with Crippen molar-refractivity contribution in [2.45, 2.75) is 58.0 Å². The lowest BCUT2D eigenvalue weighted by molar-refractivity contribution is -0.117. The second-order valence-corrected chi connectivity index (χ2v) is 13.2. The molecule has 1 saturated heterocycles. The van der Waals surface area contributed by atoms with Gasteiger partial charge in [-0.15, -0.1) is 0 Å². The average Bonchev–Trinajstić information content (AvgIpc) is 2.99. The largest absolute Gasteiger partial charge is 0.439 e. The summed E-state index contributed by atoms with van der Waals surface area (Å²) in [4.78, 5) is 33.1. The van der Waals surface area contributed by atoms with Crippen LogP contribution in [0.1, 0.15) is 50.2 Å². The van der Waals surface area contributed by atoms with Gasteiger partial charge in [-0.2, -0.15) is 0 Å². The van der Waals surface area contributed by atoms with Crippen molar-refractivity contribution in [1.82, 2.24) is 14.8 Å². The van der Waals surface area contributed by atoms with E-state index >= 15 is 0 Å². The number of hydrogen-bond donors (Lipinski definition) is 3. The number of halogens is 2. The molecule has 0 bridgehead atoms. The molecule has 0 spiro atoms. The van der Waals surface area contributed by atoms with Gasteiger partial charge >= 0.3 is 6.03 Å². The molecule has 1 aliphatic rings. The molecule has 0 saturated carbocycles. The monoisotopic (exact) mass is 658 g/mol. The van der Waals surface area contributed by atoms with E-state index in [1.165, 1.54) is 0 Å². The summed E-state index contributed by atoms with van der Waals surface area (Å²) < 4.78 is 59.6. The number of carbonyl (C=O) groups excluding carboxylic acids is 2. The van der Waals surface area contributed by atoms with Crippen LogP contribution >= 0.6 is 0 Å². The Morgan fingerprint density at radius 3 is 2.39 bits per heavy atom. The predicted molar refractivity (Wildman–Crippen MR) is 172 cm³/mol. The fraction of sp³-hybridized carbons (Fsp3) is 0.406. The highest BCUT2D eigenvalue weighted by Crippen LogP contribution is 2.25. The molecule has 1 aromatic heterocycles.